The molecule has 2 N–H and O–H groups in total. The Morgan fingerprint density at radius 3 is 2.12 bits per heavy atom. The Hall–Kier alpha value is -0.930. The zero-order chi connectivity index (χ0) is 12.5. The average Bonchev–Trinajstić information content (AvgIpc) is 2.12. The Kier molecular flexibility index (Phi) is 3.71. The summed E-state index contributed by atoms with van der Waals surface area (Å²) < 4.78 is 13.2. The predicted octanol–water partition coefficient (Wildman–Crippen LogP) is 2.57. The van der Waals surface area contributed by atoms with Crippen LogP contribution in [0.5, 0.6) is 0 Å². The fourth-order valence-electron chi connectivity index (χ4n) is 1.59. The highest BCUT2D eigenvalue weighted by molar-refractivity contribution is 5.26. The van der Waals surface area contributed by atoms with Crippen molar-refractivity contribution in [2.75, 3.05) is 0 Å². The van der Waals surface area contributed by atoms with E-state index in [4.69, 9.17) is 0 Å². The Morgan fingerprint density at radius 1 is 1.12 bits per heavy atom. The quantitative estimate of drug-likeness (QED) is 0.813. The molecule has 0 saturated heterocycles. The second kappa shape index (κ2) is 4.52. The van der Waals surface area contributed by atoms with E-state index in [1.54, 1.807) is 13.0 Å². The molecule has 0 bridgehead atoms. The van der Waals surface area contributed by atoms with Crippen LogP contribution in [-0.4, -0.2) is 16.3 Å². The second-order valence-electron chi connectivity index (χ2n) is 5.32. The third-order valence-electron chi connectivity index (χ3n) is 2.59. The molecule has 1 aromatic carbocycles. The van der Waals surface area contributed by atoms with Crippen molar-refractivity contribution in [2.45, 2.75) is 39.9 Å². The van der Waals surface area contributed by atoms with E-state index in [1.165, 1.54) is 12.1 Å². The summed E-state index contributed by atoms with van der Waals surface area (Å²) in [5, 5.41) is 19.9. The maximum Gasteiger partial charge on any atom is 0.123 e. The number of rotatable bonds is 2. The number of hydrogen-bond acceptors (Lipinski definition) is 2. The van der Waals surface area contributed by atoms with Gasteiger partial charge >= 0.3 is 0 Å². The molecule has 2 atom stereocenters. The molecule has 0 saturated carbocycles. The van der Waals surface area contributed by atoms with E-state index in [0.29, 0.717) is 5.56 Å². The molecule has 2 unspecified atom stereocenters. The Balaban J connectivity index is 3.00. The summed E-state index contributed by atoms with van der Waals surface area (Å²) in [5.41, 5.74) is 0.703. The first-order chi connectivity index (χ1) is 7.21. The van der Waals surface area contributed by atoms with Crippen LogP contribution in [0.4, 0.5) is 4.39 Å². The van der Waals surface area contributed by atoms with Gasteiger partial charge in [-0.05, 0) is 35.6 Å². The number of benzene rings is 1. The Labute approximate surface area is 95.7 Å². The molecule has 1 rings (SSSR count). The van der Waals surface area contributed by atoms with E-state index in [9.17, 15) is 14.6 Å². The maximum atomic E-state index is 13.2. The van der Waals surface area contributed by atoms with Gasteiger partial charge in [0.2, 0.25) is 0 Å². The molecule has 0 aromatic heterocycles. The van der Waals surface area contributed by atoms with Gasteiger partial charge in [-0.2, -0.15) is 0 Å². The van der Waals surface area contributed by atoms with Crippen LogP contribution in [0.2, 0.25) is 0 Å². The largest absolute Gasteiger partial charge is 0.390 e. The minimum Gasteiger partial charge on any atom is -0.390 e. The van der Waals surface area contributed by atoms with E-state index in [0.717, 1.165) is 5.56 Å². The smallest absolute Gasteiger partial charge is 0.123 e. The molecule has 0 amide bonds. The molecule has 1 aromatic rings. The van der Waals surface area contributed by atoms with Crippen molar-refractivity contribution in [1.82, 2.24) is 0 Å². The first-order valence-electron chi connectivity index (χ1n) is 5.35. The fourth-order valence-corrected chi connectivity index (χ4v) is 1.59. The number of aliphatic hydroxyl groups is 2. The van der Waals surface area contributed by atoms with Crippen molar-refractivity contribution < 1.29 is 14.6 Å². The van der Waals surface area contributed by atoms with Gasteiger partial charge in [-0.3, -0.25) is 0 Å². The average molecular weight is 226 g/mol. The fraction of sp³-hybridized carbons (Fsp3) is 0.538. The van der Waals surface area contributed by atoms with Gasteiger partial charge in [0, 0.05) is 0 Å². The predicted molar refractivity (Wildman–Crippen MR) is 61.6 cm³/mol. The van der Waals surface area contributed by atoms with Crippen LogP contribution in [-0.2, 0) is 0 Å². The third kappa shape index (κ3) is 3.03. The van der Waals surface area contributed by atoms with Crippen molar-refractivity contribution >= 4 is 0 Å². The van der Waals surface area contributed by atoms with Gasteiger partial charge < -0.3 is 10.2 Å². The SMILES string of the molecule is Cc1cc(F)cc(C(O)C(O)C(C)(C)C)c1. The molecular weight excluding hydrogens is 207 g/mol. The lowest BCUT2D eigenvalue weighted by Crippen LogP contribution is -2.32. The topological polar surface area (TPSA) is 40.5 Å². The molecule has 2 nitrogen and oxygen atoms in total. The molecule has 0 aliphatic heterocycles. The molecular formula is C13H19FO2. The highest BCUT2D eigenvalue weighted by Gasteiger charge is 2.30. The lowest BCUT2D eigenvalue weighted by molar-refractivity contribution is -0.0459. The lowest BCUT2D eigenvalue weighted by Gasteiger charge is -2.30. The first kappa shape index (κ1) is 13.1. The minimum atomic E-state index is -1.06. The van der Waals surface area contributed by atoms with Crippen LogP contribution in [0.15, 0.2) is 18.2 Å². The molecule has 0 fully saturated rings. The number of aryl methyl sites for hydroxylation is 1. The van der Waals surface area contributed by atoms with Crippen LogP contribution >= 0.6 is 0 Å². The molecule has 0 radical (unpaired) electrons. The van der Waals surface area contributed by atoms with Crippen LogP contribution in [0, 0.1) is 18.2 Å². The molecule has 0 aliphatic rings. The summed E-state index contributed by atoms with van der Waals surface area (Å²) in [6, 6.07) is 4.33. The van der Waals surface area contributed by atoms with Crippen LogP contribution in [0.25, 0.3) is 0 Å². The van der Waals surface area contributed by atoms with Gasteiger partial charge in [0.05, 0.1) is 6.10 Å². The number of hydrogen-bond donors (Lipinski definition) is 2. The highest BCUT2D eigenvalue weighted by Crippen LogP contribution is 2.30. The van der Waals surface area contributed by atoms with Gasteiger partial charge in [-0.25, -0.2) is 4.39 Å². The standard InChI is InChI=1S/C13H19FO2/c1-8-5-9(7-10(14)6-8)11(15)12(16)13(2,3)4/h5-7,11-12,15-16H,1-4H3. The molecule has 0 heterocycles. The summed E-state index contributed by atoms with van der Waals surface area (Å²) in [6.07, 6.45) is -1.98. The monoisotopic (exact) mass is 226 g/mol. The first-order valence-corrected chi connectivity index (χ1v) is 5.35. The van der Waals surface area contributed by atoms with E-state index < -0.39 is 23.4 Å². The zero-order valence-corrected chi connectivity index (χ0v) is 10.2. The summed E-state index contributed by atoms with van der Waals surface area (Å²) in [6.45, 7) is 7.23. The van der Waals surface area contributed by atoms with Gasteiger partial charge in [0.1, 0.15) is 11.9 Å². The van der Waals surface area contributed by atoms with Crippen LogP contribution < -0.4 is 0 Å². The van der Waals surface area contributed by atoms with Gasteiger partial charge in [-0.15, -0.1) is 0 Å². The van der Waals surface area contributed by atoms with Crippen molar-refractivity contribution in [2.24, 2.45) is 5.41 Å². The van der Waals surface area contributed by atoms with Gasteiger partial charge in [-0.1, -0.05) is 26.8 Å². The van der Waals surface area contributed by atoms with Crippen molar-refractivity contribution in [1.29, 1.82) is 0 Å². The molecule has 0 aliphatic carbocycles. The molecule has 3 heteroatoms. The van der Waals surface area contributed by atoms with Crippen molar-refractivity contribution in [3.63, 3.8) is 0 Å². The number of halogens is 1. The maximum absolute atomic E-state index is 13.2. The molecule has 16 heavy (non-hydrogen) atoms. The third-order valence-corrected chi connectivity index (χ3v) is 2.59. The normalized spacial score (nSPS) is 15.9. The summed E-state index contributed by atoms with van der Waals surface area (Å²) >= 11 is 0. The van der Waals surface area contributed by atoms with Crippen LogP contribution in [0.1, 0.15) is 38.0 Å². The van der Waals surface area contributed by atoms with Crippen LogP contribution in [0.3, 0.4) is 0 Å². The van der Waals surface area contributed by atoms with E-state index in [-0.39, 0.29) is 0 Å². The second-order valence-corrected chi connectivity index (χ2v) is 5.32. The van der Waals surface area contributed by atoms with E-state index in [2.05, 4.69) is 0 Å². The minimum absolute atomic E-state index is 0.393. The summed E-state index contributed by atoms with van der Waals surface area (Å²) in [7, 11) is 0. The van der Waals surface area contributed by atoms with Gasteiger partial charge in [0.25, 0.3) is 0 Å². The van der Waals surface area contributed by atoms with Crippen molar-refractivity contribution in [3.8, 4) is 0 Å². The summed E-state index contributed by atoms with van der Waals surface area (Å²) in [4.78, 5) is 0. The zero-order valence-electron chi connectivity index (χ0n) is 10.2. The van der Waals surface area contributed by atoms with Crippen molar-refractivity contribution in [3.05, 3.63) is 35.1 Å². The molecule has 90 valence electrons. The highest BCUT2D eigenvalue weighted by atomic mass is 19.1. The Morgan fingerprint density at radius 2 is 1.69 bits per heavy atom. The molecule has 0 spiro atoms. The number of aliphatic hydroxyl groups excluding tert-OH is 2. The van der Waals surface area contributed by atoms with E-state index >= 15 is 0 Å². The Bertz CT molecular complexity index is 348. The lowest BCUT2D eigenvalue weighted by atomic mass is 9.83. The van der Waals surface area contributed by atoms with Gasteiger partial charge in [0.15, 0.2) is 0 Å². The summed E-state index contributed by atoms with van der Waals surface area (Å²) in [5.74, 6) is -0.393. The van der Waals surface area contributed by atoms with E-state index in [1.807, 2.05) is 20.8 Å².